The lowest BCUT2D eigenvalue weighted by Crippen LogP contribution is -2.37. The quantitative estimate of drug-likeness (QED) is 0.739. The van der Waals surface area contributed by atoms with Crippen molar-refractivity contribution < 1.29 is 19.1 Å². The van der Waals surface area contributed by atoms with Crippen LogP contribution in [-0.4, -0.2) is 49.1 Å². The van der Waals surface area contributed by atoms with Gasteiger partial charge in [-0.25, -0.2) is 4.98 Å². The number of aromatic nitrogens is 1. The van der Waals surface area contributed by atoms with Crippen molar-refractivity contribution in [2.75, 3.05) is 31.2 Å². The summed E-state index contributed by atoms with van der Waals surface area (Å²) in [5.41, 5.74) is 1.52. The van der Waals surface area contributed by atoms with E-state index in [9.17, 15) is 9.59 Å². The number of anilines is 1. The van der Waals surface area contributed by atoms with Crippen LogP contribution in [0.15, 0.2) is 42.6 Å². The lowest BCUT2D eigenvalue weighted by Gasteiger charge is -2.28. The summed E-state index contributed by atoms with van der Waals surface area (Å²) in [6.45, 7) is 6.58. The molecule has 0 bridgehead atoms. The first-order chi connectivity index (χ1) is 13.5. The van der Waals surface area contributed by atoms with Crippen molar-refractivity contribution in [2.24, 2.45) is 0 Å². The molecule has 1 amide bonds. The first kappa shape index (κ1) is 19.8. The zero-order chi connectivity index (χ0) is 19.9. The molecular weight excluding hydrogens is 358 g/mol. The highest BCUT2D eigenvalue weighted by Gasteiger charge is 2.16. The summed E-state index contributed by atoms with van der Waals surface area (Å²) < 4.78 is 11.0. The molecule has 1 aliphatic heterocycles. The van der Waals surface area contributed by atoms with Crippen LogP contribution in [0.25, 0.3) is 0 Å². The molecule has 1 aromatic heterocycles. The van der Waals surface area contributed by atoms with Crippen LogP contribution >= 0.6 is 0 Å². The second kappa shape index (κ2) is 9.32. The van der Waals surface area contributed by atoms with Gasteiger partial charge in [-0.3, -0.25) is 9.59 Å². The molecule has 0 saturated carbocycles. The van der Waals surface area contributed by atoms with Crippen molar-refractivity contribution in [3.05, 3.63) is 53.7 Å². The molecule has 148 valence electrons. The number of nitrogens with zero attached hydrogens (tertiary/aromatic N) is 2. The maximum Gasteiger partial charge on any atom is 0.261 e. The lowest BCUT2D eigenvalue weighted by atomic mass is 10.1. The predicted molar refractivity (Wildman–Crippen MR) is 106 cm³/mol. The Hall–Kier alpha value is -2.93. The summed E-state index contributed by atoms with van der Waals surface area (Å²) in [5.74, 6) is 1.11. The predicted octanol–water partition coefficient (Wildman–Crippen LogP) is 2.20. The van der Waals surface area contributed by atoms with Crippen LogP contribution in [0.4, 0.5) is 5.82 Å². The van der Waals surface area contributed by atoms with Gasteiger partial charge in [-0.15, -0.1) is 0 Å². The molecule has 7 nitrogen and oxygen atoms in total. The van der Waals surface area contributed by atoms with Crippen LogP contribution in [-0.2, 0) is 16.1 Å². The number of pyridine rings is 1. The number of carbonyl (C=O) groups is 2. The number of Topliss-reactive ketones (excluding diaryl/α,β-unsaturated/α-hetero) is 1. The summed E-state index contributed by atoms with van der Waals surface area (Å²) >= 11 is 0. The number of amides is 1. The Balaban J connectivity index is 1.54. The second-order valence-electron chi connectivity index (χ2n) is 6.68. The molecule has 1 N–H and O–H groups in total. The Labute approximate surface area is 164 Å². The number of ketones is 1. The minimum atomic E-state index is -0.678. The van der Waals surface area contributed by atoms with Crippen LogP contribution in [0.1, 0.15) is 29.8 Å². The number of hydrogen-bond acceptors (Lipinski definition) is 6. The summed E-state index contributed by atoms with van der Waals surface area (Å²) in [7, 11) is 0. The minimum absolute atomic E-state index is 0.0451. The van der Waals surface area contributed by atoms with Crippen molar-refractivity contribution >= 4 is 17.5 Å². The number of benzene rings is 1. The fourth-order valence-corrected chi connectivity index (χ4v) is 2.91. The largest absolute Gasteiger partial charge is 0.481 e. The van der Waals surface area contributed by atoms with Crippen LogP contribution in [0.2, 0.25) is 0 Å². The normalized spacial score (nSPS) is 15.0. The van der Waals surface area contributed by atoms with Crippen molar-refractivity contribution in [3.8, 4) is 5.75 Å². The van der Waals surface area contributed by atoms with Crippen LogP contribution < -0.4 is 15.0 Å². The second-order valence-corrected chi connectivity index (χ2v) is 6.68. The number of hydrogen-bond donors (Lipinski definition) is 1. The van der Waals surface area contributed by atoms with Crippen LogP contribution in [0.5, 0.6) is 5.75 Å². The molecule has 2 heterocycles. The summed E-state index contributed by atoms with van der Waals surface area (Å²) in [5, 5.41) is 2.88. The third-order valence-corrected chi connectivity index (χ3v) is 4.53. The Morgan fingerprint density at radius 1 is 1.25 bits per heavy atom. The monoisotopic (exact) mass is 383 g/mol. The molecule has 1 saturated heterocycles. The number of morpholine rings is 1. The van der Waals surface area contributed by atoms with E-state index in [2.05, 4.69) is 15.2 Å². The molecule has 2 aromatic rings. The first-order valence-electron chi connectivity index (χ1n) is 9.36. The zero-order valence-electron chi connectivity index (χ0n) is 16.2. The van der Waals surface area contributed by atoms with Gasteiger partial charge in [0, 0.05) is 31.4 Å². The van der Waals surface area contributed by atoms with E-state index in [1.54, 1.807) is 37.4 Å². The molecule has 1 aromatic carbocycles. The van der Waals surface area contributed by atoms with E-state index in [4.69, 9.17) is 9.47 Å². The topological polar surface area (TPSA) is 80.8 Å². The molecule has 28 heavy (non-hydrogen) atoms. The number of carbonyl (C=O) groups excluding carboxylic acids is 2. The highest BCUT2D eigenvalue weighted by Crippen LogP contribution is 2.16. The Bertz CT molecular complexity index is 834. The van der Waals surface area contributed by atoms with Gasteiger partial charge in [0.2, 0.25) is 0 Å². The number of ether oxygens (including phenoxy) is 2. The molecule has 1 unspecified atom stereocenters. The molecule has 7 heteroatoms. The van der Waals surface area contributed by atoms with Gasteiger partial charge in [-0.05, 0) is 43.7 Å². The van der Waals surface area contributed by atoms with Gasteiger partial charge in [0.05, 0.1) is 13.2 Å². The van der Waals surface area contributed by atoms with E-state index < -0.39 is 6.10 Å². The molecule has 0 spiro atoms. The molecule has 0 aliphatic carbocycles. The van der Waals surface area contributed by atoms with Gasteiger partial charge in [0.1, 0.15) is 11.6 Å². The average Bonchev–Trinajstić information content (AvgIpc) is 2.73. The van der Waals surface area contributed by atoms with Gasteiger partial charge < -0.3 is 19.7 Å². The molecule has 1 atom stereocenters. The lowest BCUT2D eigenvalue weighted by molar-refractivity contribution is -0.127. The maximum atomic E-state index is 12.4. The molecular formula is C21H25N3O4. The van der Waals surface area contributed by atoms with Crippen molar-refractivity contribution in [2.45, 2.75) is 26.5 Å². The Morgan fingerprint density at radius 2 is 2.04 bits per heavy atom. The highest BCUT2D eigenvalue weighted by molar-refractivity contribution is 5.94. The summed E-state index contributed by atoms with van der Waals surface area (Å²) in [6, 6.07) is 10.7. The third-order valence-electron chi connectivity index (χ3n) is 4.53. The smallest absolute Gasteiger partial charge is 0.261 e. The van der Waals surface area contributed by atoms with Gasteiger partial charge in [0.25, 0.3) is 5.91 Å². The van der Waals surface area contributed by atoms with E-state index in [1.807, 2.05) is 12.1 Å². The summed E-state index contributed by atoms with van der Waals surface area (Å²) in [4.78, 5) is 30.4. The fourth-order valence-electron chi connectivity index (χ4n) is 2.91. The van der Waals surface area contributed by atoms with Gasteiger partial charge in [0.15, 0.2) is 11.9 Å². The number of rotatable bonds is 7. The third kappa shape index (κ3) is 5.29. The van der Waals surface area contributed by atoms with Gasteiger partial charge in [-0.1, -0.05) is 12.1 Å². The molecule has 1 aliphatic rings. The van der Waals surface area contributed by atoms with Gasteiger partial charge >= 0.3 is 0 Å². The van der Waals surface area contributed by atoms with E-state index in [1.165, 1.54) is 6.92 Å². The molecule has 0 radical (unpaired) electrons. The SMILES string of the molecule is CC(=O)c1cccc(OC(C)C(=O)NCc2ccnc(N3CCOCC3)c2)c1. The van der Waals surface area contributed by atoms with Crippen molar-refractivity contribution in [1.82, 2.24) is 10.3 Å². The van der Waals surface area contributed by atoms with Crippen LogP contribution in [0.3, 0.4) is 0 Å². The zero-order valence-corrected chi connectivity index (χ0v) is 16.2. The van der Waals surface area contributed by atoms with Crippen molar-refractivity contribution in [3.63, 3.8) is 0 Å². The molecule has 3 rings (SSSR count). The van der Waals surface area contributed by atoms with E-state index in [0.29, 0.717) is 31.1 Å². The maximum absolute atomic E-state index is 12.4. The standard InChI is InChI=1S/C21H25N3O4/c1-15(25)18-4-3-5-19(13-18)28-16(2)21(26)23-14-17-6-7-22-20(12-17)24-8-10-27-11-9-24/h3-7,12-13,16H,8-11,14H2,1-2H3,(H,23,26). The average molecular weight is 383 g/mol. The first-order valence-corrected chi connectivity index (χ1v) is 9.36. The van der Waals surface area contributed by atoms with Crippen molar-refractivity contribution in [1.29, 1.82) is 0 Å². The van der Waals surface area contributed by atoms with Gasteiger partial charge in [-0.2, -0.15) is 0 Å². The van der Waals surface area contributed by atoms with Crippen LogP contribution in [0, 0.1) is 0 Å². The Kier molecular flexibility index (Phi) is 6.60. The van der Waals surface area contributed by atoms with E-state index >= 15 is 0 Å². The minimum Gasteiger partial charge on any atom is -0.481 e. The van der Waals surface area contributed by atoms with E-state index in [0.717, 1.165) is 24.5 Å². The Morgan fingerprint density at radius 3 is 2.79 bits per heavy atom. The molecule has 1 fully saturated rings. The summed E-state index contributed by atoms with van der Waals surface area (Å²) in [6.07, 6.45) is 1.07. The fraction of sp³-hybridized carbons (Fsp3) is 0.381. The highest BCUT2D eigenvalue weighted by atomic mass is 16.5. The van der Waals surface area contributed by atoms with E-state index in [-0.39, 0.29) is 11.7 Å². The number of nitrogens with one attached hydrogen (secondary N) is 1.